The maximum Gasteiger partial charge on any atom is 0.261 e. The Morgan fingerprint density at radius 3 is 2.44 bits per heavy atom. The second-order valence-corrected chi connectivity index (χ2v) is 9.48. The van der Waals surface area contributed by atoms with E-state index in [-0.39, 0.29) is 24.5 Å². The Hall–Kier alpha value is -2.34. The zero-order valence-electron chi connectivity index (χ0n) is 19.2. The Kier molecular flexibility index (Phi) is 8.74. The summed E-state index contributed by atoms with van der Waals surface area (Å²) in [5, 5.41) is 3.17. The average Bonchev–Trinajstić information content (AvgIpc) is 3.28. The summed E-state index contributed by atoms with van der Waals surface area (Å²) < 4.78 is 6.80. The molecule has 0 aliphatic heterocycles. The van der Waals surface area contributed by atoms with Crippen LogP contribution < -0.4 is 10.1 Å². The molecule has 1 N–H and O–H groups in total. The van der Waals surface area contributed by atoms with E-state index in [4.69, 9.17) is 4.74 Å². The van der Waals surface area contributed by atoms with Crippen molar-refractivity contribution in [3.05, 3.63) is 63.6 Å². The Morgan fingerprint density at radius 2 is 1.81 bits per heavy atom. The van der Waals surface area contributed by atoms with E-state index in [0.29, 0.717) is 18.7 Å². The molecule has 32 heavy (non-hydrogen) atoms. The number of hydrogen-bond donors (Lipinski definition) is 1. The molecule has 0 heterocycles. The molecule has 1 atom stereocenters. The van der Waals surface area contributed by atoms with Crippen LogP contribution in [0.1, 0.15) is 55.7 Å². The molecule has 0 radical (unpaired) electrons. The average molecular weight is 501 g/mol. The van der Waals surface area contributed by atoms with Crippen LogP contribution in [0.3, 0.4) is 0 Å². The lowest BCUT2D eigenvalue weighted by molar-refractivity contribution is -0.143. The second-order valence-electron chi connectivity index (χ2n) is 8.62. The van der Waals surface area contributed by atoms with E-state index in [9.17, 15) is 9.59 Å². The summed E-state index contributed by atoms with van der Waals surface area (Å²) in [6, 6.07) is 13.4. The molecular weight excluding hydrogens is 468 g/mol. The number of halogens is 1. The maximum atomic E-state index is 13.3. The monoisotopic (exact) mass is 500 g/mol. The first kappa shape index (κ1) is 24.3. The lowest BCUT2D eigenvalue weighted by Gasteiger charge is -2.31. The summed E-state index contributed by atoms with van der Waals surface area (Å²) in [6.45, 7) is 6.22. The van der Waals surface area contributed by atoms with E-state index in [1.807, 2.05) is 63.2 Å². The fourth-order valence-electron chi connectivity index (χ4n) is 4.11. The molecule has 5 nitrogen and oxygen atoms in total. The van der Waals surface area contributed by atoms with Crippen molar-refractivity contribution in [2.45, 2.75) is 71.5 Å². The molecule has 0 bridgehead atoms. The van der Waals surface area contributed by atoms with Crippen LogP contribution in [0.5, 0.6) is 5.75 Å². The Balaban J connectivity index is 1.75. The highest BCUT2D eigenvalue weighted by molar-refractivity contribution is 9.10. The lowest BCUT2D eigenvalue weighted by atomic mass is 10.1. The minimum Gasteiger partial charge on any atom is -0.484 e. The minimum absolute atomic E-state index is 0.0700. The first-order valence-corrected chi connectivity index (χ1v) is 12.2. The SMILES string of the molecule is CCC(C(=O)NC1CCCC1)N(Cc1ccc(C)cc1)C(=O)COc1ccc(Br)c(C)c1. The largest absolute Gasteiger partial charge is 0.484 e. The molecule has 1 aliphatic carbocycles. The first-order valence-electron chi connectivity index (χ1n) is 11.4. The summed E-state index contributed by atoms with van der Waals surface area (Å²) in [5.41, 5.74) is 3.19. The van der Waals surface area contributed by atoms with Gasteiger partial charge in [-0.2, -0.15) is 0 Å². The van der Waals surface area contributed by atoms with Gasteiger partial charge in [0.2, 0.25) is 5.91 Å². The molecule has 1 fully saturated rings. The number of benzene rings is 2. The van der Waals surface area contributed by atoms with Gasteiger partial charge in [-0.15, -0.1) is 0 Å². The molecule has 2 aromatic carbocycles. The zero-order valence-corrected chi connectivity index (χ0v) is 20.8. The van der Waals surface area contributed by atoms with Gasteiger partial charge >= 0.3 is 0 Å². The number of carbonyl (C=O) groups excluding carboxylic acids is 2. The van der Waals surface area contributed by atoms with Crippen molar-refractivity contribution < 1.29 is 14.3 Å². The van der Waals surface area contributed by atoms with E-state index in [0.717, 1.165) is 46.8 Å². The van der Waals surface area contributed by atoms with Crippen molar-refractivity contribution in [1.29, 1.82) is 0 Å². The molecule has 1 aliphatic rings. The highest BCUT2D eigenvalue weighted by Gasteiger charge is 2.30. The summed E-state index contributed by atoms with van der Waals surface area (Å²) >= 11 is 3.48. The number of amides is 2. The predicted octanol–water partition coefficient (Wildman–Crippen LogP) is 5.31. The van der Waals surface area contributed by atoms with Gasteiger partial charge in [0.25, 0.3) is 5.91 Å². The molecule has 2 amide bonds. The van der Waals surface area contributed by atoms with Crippen LogP contribution in [0.15, 0.2) is 46.9 Å². The van der Waals surface area contributed by atoms with Crippen LogP contribution in [0.25, 0.3) is 0 Å². The summed E-state index contributed by atoms with van der Waals surface area (Å²) in [5.74, 6) is 0.372. The standard InChI is InChI=1S/C26H33BrN2O3/c1-4-24(26(31)28-21-7-5-6-8-21)29(16-20-11-9-18(2)10-12-20)25(30)17-32-22-13-14-23(27)19(3)15-22/h9-15,21,24H,4-8,16-17H2,1-3H3,(H,28,31). The highest BCUT2D eigenvalue weighted by atomic mass is 79.9. The van der Waals surface area contributed by atoms with E-state index in [1.165, 1.54) is 0 Å². The van der Waals surface area contributed by atoms with Crippen molar-refractivity contribution in [2.75, 3.05) is 6.61 Å². The number of aryl methyl sites for hydroxylation is 2. The van der Waals surface area contributed by atoms with E-state index < -0.39 is 6.04 Å². The van der Waals surface area contributed by atoms with Gasteiger partial charge in [-0.05, 0) is 62.4 Å². The predicted molar refractivity (Wildman–Crippen MR) is 131 cm³/mol. The Labute approximate surface area is 199 Å². The van der Waals surface area contributed by atoms with Crippen molar-refractivity contribution in [1.82, 2.24) is 10.2 Å². The topological polar surface area (TPSA) is 58.6 Å². The number of hydrogen-bond acceptors (Lipinski definition) is 3. The van der Waals surface area contributed by atoms with Crippen LogP contribution in [0.2, 0.25) is 0 Å². The Morgan fingerprint density at radius 1 is 1.12 bits per heavy atom. The first-order chi connectivity index (χ1) is 15.4. The van der Waals surface area contributed by atoms with Crippen LogP contribution in [0, 0.1) is 13.8 Å². The van der Waals surface area contributed by atoms with Crippen molar-refractivity contribution in [3.8, 4) is 5.75 Å². The molecule has 1 unspecified atom stereocenters. The van der Waals surface area contributed by atoms with Crippen molar-refractivity contribution >= 4 is 27.7 Å². The smallest absolute Gasteiger partial charge is 0.261 e. The van der Waals surface area contributed by atoms with Gasteiger partial charge in [-0.1, -0.05) is 65.5 Å². The number of rotatable bonds is 9. The number of carbonyl (C=O) groups is 2. The third-order valence-electron chi connectivity index (χ3n) is 6.05. The Bertz CT molecular complexity index is 923. The van der Waals surface area contributed by atoms with Gasteiger partial charge in [0.05, 0.1) is 0 Å². The van der Waals surface area contributed by atoms with Crippen LogP contribution in [-0.4, -0.2) is 35.4 Å². The summed E-state index contributed by atoms with van der Waals surface area (Å²) in [6.07, 6.45) is 4.87. The maximum absolute atomic E-state index is 13.3. The number of nitrogens with one attached hydrogen (secondary N) is 1. The number of ether oxygens (including phenoxy) is 1. The lowest BCUT2D eigenvalue weighted by Crippen LogP contribution is -2.52. The number of nitrogens with zero attached hydrogens (tertiary/aromatic N) is 1. The molecule has 172 valence electrons. The van der Waals surface area contributed by atoms with Gasteiger partial charge in [0.1, 0.15) is 11.8 Å². The summed E-state index contributed by atoms with van der Waals surface area (Å²) in [7, 11) is 0. The fraction of sp³-hybridized carbons (Fsp3) is 0.462. The van der Waals surface area contributed by atoms with Crippen LogP contribution >= 0.6 is 15.9 Å². The molecule has 0 saturated heterocycles. The van der Waals surface area contributed by atoms with E-state index in [1.54, 1.807) is 4.90 Å². The van der Waals surface area contributed by atoms with Gasteiger partial charge in [0, 0.05) is 17.1 Å². The van der Waals surface area contributed by atoms with Gasteiger partial charge in [-0.25, -0.2) is 0 Å². The molecule has 2 aromatic rings. The second kappa shape index (κ2) is 11.5. The fourth-order valence-corrected chi connectivity index (χ4v) is 4.36. The third-order valence-corrected chi connectivity index (χ3v) is 6.94. The third kappa shape index (κ3) is 6.58. The molecule has 6 heteroatoms. The van der Waals surface area contributed by atoms with Gasteiger partial charge < -0.3 is 15.0 Å². The molecule has 0 aromatic heterocycles. The highest BCUT2D eigenvalue weighted by Crippen LogP contribution is 2.22. The quantitative estimate of drug-likeness (QED) is 0.507. The zero-order chi connectivity index (χ0) is 23.1. The molecule has 3 rings (SSSR count). The van der Waals surface area contributed by atoms with E-state index in [2.05, 4.69) is 21.2 Å². The molecule has 0 spiro atoms. The van der Waals surface area contributed by atoms with Gasteiger partial charge in [-0.3, -0.25) is 9.59 Å². The molecular formula is C26H33BrN2O3. The normalized spacial score (nSPS) is 14.8. The summed E-state index contributed by atoms with van der Waals surface area (Å²) in [4.78, 5) is 28.1. The molecule has 1 saturated carbocycles. The van der Waals surface area contributed by atoms with Crippen LogP contribution in [-0.2, 0) is 16.1 Å². The van der Waals surface area contributed by atoms with Gasteiger partial charge in [0.15, 0.2) is 6.61 Å². The van der Waals surface area contributed by atoms with Crippen molar-refractivity contribution in [3.63, 3.8) is 0 Å². The minimum atomic E-state index is -0.528. The van der Waals surface area contributed by atoms with Crippen LogP contribution in [0.4, 0.5) is 0 Å². The van der Waals surface area contributed by atoms with Crippen molar-refractivity contribution in [2.24, 2.45) is 0 Å². The van der Waals surface area contributed by atoms with E-state index >= 15 is 0 Å².